The summed E-state index contributed by atoms with van der Waals surface area (Å²) < 4.78 is 13.9. The van der Waals surface area contributed by atoms with Crippen LogP contribution in [-0.2, 0) is 20.9 Å². The van der Waals surface area contributed by atoms with E-state index in [1.165, 1.54) is 6.92 Å². The Morgan fingerprint density at radius 1 is 1.09 bits per heavy atom. The second kappa shape index (κ2) is 8.31. The van der Waals surface area contributed by atoms with E-state index in [9.17, 15) is 14.4 Å². The minimum atomic E-state index is -0.951. The summed E-state index contributed by atoms with van der Waals surface area (Å²) >= 11 is 0. The van der Waals surface area contributed by atoms with E-state index in [0.717, 1.165) is 16.5 Å². The number of benzene rings is 2. The highest BCUT2D eigenvalue weighted by Crippen LogP contribution is 2.46. The van der Waals surface area contributed by atoms with Gasteiger partial charge in [-0.15, -0.1) is 0 Å². The van der Waals surface area contributed by atoms with Gasteiger partial charge >= 0.3 is 5.97 Å². The highest BCUT2D eigenvalue weighted by atomic mass is 16.6. The van der Waals surface area contributed by atoms with E-state index in [4.69, 9.17) is 9.47 Å². The molecule has 0 N–H and O–H groups in total. The molecule has 7 heteroatoms. The van der Waals surface area contributed by atoms with E-state index in [-0.39, 0.29) is 11.5 Å². The summed E-state index contributed by atoms with van der Waals surface area (Å²) in [6.07, 6.45) is 0.287. The van der Waals surface area contributed by atoms with Gasteiger partial charge in [0.05, 0.1) is 17.6 Å². The monoisotopic (exact) mass is 460 g/mol. The maximum absolute atomic E-state index is 14.2. The molecule has 7 nitrogen and oxygen atoms in total. The summed E-state index contributed by atoms with van der Waals surface area (Å²) in [4.78, 5) is 40.9. The topological polar surface area (TPSA) is 77.8 Å². The molecule has 34 heavy (non-hydrogen) atoms. The summed E-state index contributed by atoms with van der Waals surface area (Å²) in [5.74, 6) is -0.0665. The molecule has 2 aromatic carbocycles. The molecule has 0 spiro atoms. The Hall–Kier alpha value is -3.61. The Morgan fingerprint density at radius 3 is 2.47 bits per heavy atom. The Bertz CT molecular complexity index is 1330. The lowest BCUT2D eigenvalue weighted by atomic mass is 9.85. The number of hydrogen-bond acceptors (Lipinski definition) is 5. The first kappa shape index (κ1) is 22.2. The van der Waals surface area contributed by atoms with Crippen molar-refractivity contribution in [3.63, 3.8) is 0 Å². The molecule has 2 unspecified atom stereocenters. The second-order valence-electron chi connectivity index (χ2n) is 9.51. The van der Waals surface area contributed by atoms with Crippen LogP contribution < -0.4 is 10.3 Å². The number of esters is 1. The molecular formula is C27H28N2O5. The van der Waals surface area contributed by atoms with Crippen molar-refractivity contribution >= 4 is 22.8 Å². The number of pyridine rings is 1. The molecule has 3 heterocycles. The van der Waals surface area contributed by atoms with Gasteiger partial charge in [-0.05, 0) is 38.0 Å². The lowest BCUT2D eigenvalue weighted by molar-refractivity contribution is -0.171. The maximum Gasteiger partial charge on any atom is 0.303 e. The van der Waals surface area contributed by atoms with E-state index in [2.05, 4.69) is 0 Å². The minimum Gasteiger partial charge on any atom is -0.483 e. The van der Waals surface area contributed by atoms with Crippen molar-refractivity contribution in [3.8, 4) is 5.75 Å². The van der Waals surface area contributed by atoms with Gasteiger partial charge in [-0.2, -0.15) is 0 Å². The van der Waals surface area contributed by atoms with Gasteiger partial charge in [-0.25, -0.2) is 0 Å². The van der Waals surface area contributed by atoms with Crippen LogP contribution in [0.3, 0.4) is 0 Å². The van der Waals surface area contributed by atoms with Gasteiger partial charge in [-0.3, -0.25) is 14.4 Å². The summed E-state index contributed by atoms with van der Waals surface area (Å²) in [6, 6.07) is 16.7. The van der Waals surface area contributed by atoms with Crippen molar-refractivity contribution < 1.29 is 19.1 Å². The standard InChI is InChI=1S/C27H28N2O5/c1-17(30)33-25-23(28-15-9-14-21(28)31)22-24(34-27(25,2)3)19-12-7-8-13-20(19)29(26(22)32)16-18-10-5-4-6-11-18/h4-8,10-13,23,25H,9,14-16H2,1-3H3. The first-order valence-electron chi connectivity index (χ1n) is 11.6. The number of carbonyl (C=O) groups is 2. The Morgan fingerprint density at radius 2 is 1.79 bits per heavy atom. The first-order valence-corrected chi connectivity index (χ1v) is 11.6. The van der Waals surface area contributed by atoms with Gasteiger partial charge in [0.25, 0.3) is 5.56 Å². The first-order chi connectivity index (χ1) is 16.3. The van der Waals surface area contributed by atoms with Crippen molar-refractivity contribution in [2.45, 2.75) is 57.9 Å². The number of hydrogen-bond donors (Lipinski definition) is 0. The van der Waals surface area contributed by atoms with Gasteiger partial charge in [0.2, 0.25) is 5.91 Å². The number of ether oxygens (including phenoxy) is 2. The summed E-state index contributed by atoms with van der Waals surface area (Å²) in [5.41, 5.74) is 0.915. The molecule has 1 aromatic heterocycles. The predicted molar refractivity (Wildman–Crippen MR) is 128 cm³/mol. The van der Waals surface area contributed by atoms with E-state index >= 15 is 0 Å². The highest BCUT2D eigenvalue weighted by molar-refractivity contribution is 5.88. The number of amides is 1. The van der Waals surface area contributed by atoms with Gasteiger partial charge in [-0.1, -0.05) is 42.5 Å². The number of carbonyl (C=O) groups excluding carboxylic acids is 2. The van der Waals surface area contributed by atoms with Crippen LogP contribution in [0.5, 0.6) is 5.75 Å². The van der Waals surface area contributed by atoms with Gasteiger partial charge < -0.3 is 18.9 Å². The van der Waals surface area contributed by atoms with Gasteiger partial charge in [0, 0.05) is 25.3 Å². The average Bonchev–Trinajstić information content (AvgIpc) is 3.23. The van der Waals surface area contributed by atoms with Crippen LogP contribution in [0.4, 0.5) is 0 Å². The molecule has 3 aromatic rings. The lowest BCUT2D eigenvalue weighted by Crippen LogP contribution is -2.57. The number of likely N-dealkylation sites (tertiary alicyclic amines) is 1. The number of aromatic nitrogens is 1. The Kier molecular flexibility index (Phi) is 5.42. The molecule has 0 bridgehead atoms. The summed E-state index contributed by atoms with van der Waals surface area (Å²) in [7, 11) is 0. The van der Waals surface area contributed by atoms with Gasteiger partial charge in [0.1, 0.15) is 17.4 Å². The zero-order valence-corrected chi connectivity index (χ0v) is 19.6. The van der Waals surface area contributed by atoms with Crippen LogP contribution in [0.1, 0.15) is 50.8 Å². The molecule has 1 amide bonds. The average molecular weight is 461 g/mol. The molecule has 5 rings (SSSR count). The van der Waals surface area contributed by atoms with Crippen LogP contribution in [-0.4, -0.2) is 39.6 Å². The normalized spacial score (nSPS) is 21.3. The minimum absolute atomic E-state index is 0.0482. The molecule has 1 fully saturated rings. The van der Waals surface area contributed by atoms with Crippen LogP contribution in [0.2, 0.25) is 0 Å². The lowest BCUT2D eigenvalue weighted by Gasteiger charge is -2.46. The van der Waals surface area contributed by atoms with E-state index in [0.29, 0.717) is 37.2 Å². The van der Waals surface area contributed by atoms with Crippen molar-refractivity contribution in [2.24, 2.45) is 0 Å². The number of para-hydroxylation sites is 1. The molecule has 2 atom stereocenters. The molecule has 176 valence electrons. The summed E-state index contributed by atoms with van der Waals surface area (Å²) in [6.45, 7) is 5.88. The molecule has 0 aliphatic carbocycles. The van der Waals surface area contributed by atoms with Crippen LogP contribution >= 0.6 is 0 Å². The van der Waals surface area contributed by atoms with Crippen molar-refractivity contribution in [3.05, 3.63) is 76.1 Å². The fourth-order valence-corrected chi connectivity index (χ4v) is 5.21. The third-order valence-electron chi connectivity index (χ3n) is 6.71. The van der Waals surface area contributed by atoms with Crippen LogP contribution in [0.15, 0.2) is 59.4 Å². The third kappa shape index (κ3) is 3.65. The van der Waals surface area contributed by atoms with E-state index < -0.39 is 23.7 Å². The number of rotatable bonds is 4. The highest BCUT2D eigenvalue weighted by Gasteiger charge is 2.52. The predicted octanol–water partition coefficient (Wildman–Crippen LogP) is 3.82. The fourth-order valence-electron chi connectivity index (χ4n) is 5.21. The van der Waals surface area contributed by atoms with E-state index in [1.54, 1.807) is 9.47 Å². The van der Waals surface area contributed by atoms with Crippen molar-refractivity contribution in [2.75, 3.05) is 6.54 Å². The van der Waals surface area contributed by atoms with Crippen LogP contribution in [0.25, 0.3) is 10.9 Å². The number of fused-ring (bicyclic) bond motifs is 3. The zero-order chi connectivity index (χ0) is 24.0. The molecule has 0 saturated carbocycles. The Labute approximate surface area is 197 Å². The molecule has 0 radical (unpaired) electrons. The third-order valence-corrected chi connectivity index (χ3v) is 6.71. The summed E-state index contributed by atoms with van der Waals surface area (Å²) in [5, 5.41) is 0.791. The molecular weight excluding hydrogens is 432 g/mol. The van der Waals surface area contributed by atoms with Crippen molar-refractivity contribution in [1.29, 1.82) is 0 Å². The van der Waals surface area contributed by atoms with Crippen LogP contribution in [0, 0.1) is 0 Å². The SMILES string of the molecule is CC(=O)OC1C(N2CCCC2=O)c2c(c3ccccc3n(Cc3ccccc3)c2=O)OC1(C)C. The second-order valence-corrected chi connectivity index (χ2v) is 9.51. The van der Waals surface area contributed by atoms with Crippen molar-refractivity contribution in [1.82, 2.24) is 9.47 Å². The van der Waals surface area contributed by atoms with Gasteiger partial charge in [0.15, 0.2) is 6.10 Å². The largest absolute Gasteiger partial charge is 0.483 e. The molecule has 2 aliphatic heterocycles. The zero-order valence-electron chi connectivity index (χ0n) is 19.6. The smallest absolute Gasteiger partial charge is 0.303 e. The van der Waals surface area contributed by atoms with E-state index in [1.807, 2.05) is 68.4 Å². The molecule has 2 aliphatic rings. The quantitative estimate of drug-likeness (QED) is 0.553. The Balaban J connectivity index is 1.80. The number of nitrogens with zero attached hydrogens (tertiary/aromatic N) is 2. The maximum atomic E-state index is 14.2. The fraction of sp³-hybridized carbons (Fsp3) is 0.370. The molecule has 1 saturated heterocycles.